The Morgan fingerprint density at radius 2 is 2.00 bits per heavy atom. The molecule has 152 valence electrons. The summed E-state index contributed by atoms with van der Waals surface area (Å²) in [5.41, 5.74) is 2.66. The number of carbonyl (C=O) groups is 1. The van der Waals surface area contributed by atoms with Gasteiger partial charge in [-0.3, -0.25) is 4.79 Å². The number of ether oxygens (including phenoxy) is 1. The molecular formula is C21H21N7O2. The Morgan fingerprint density at radius 1 is 1.17 bits per heavy atom. The Morgan fingerprint density at radius 3 is 2.80 bits per heavy atom. The summed E-state index contributed by atoms with van der Waals surface area (Å²) in [6, 6.07) is 11.6. The first-order chi connectivity index (χ1) is 14.6. The highest BCUT2D eigenvalue weighted by atomic mass is 16.5. The van der Waals surface area contributed by atoms with Crippen LogP contribution in [0.4, 0.5) is 5.82 Å². The van der Waals surface area contributed by atoms with Crippen LogP contribution in [0.5, 0.6) is 5.75 Å². The molecule has 1 atom stereocenters. The third-order valence-electron chi connectivity index (χ3n) is 5.20. The first-order valence-electron chi connectivity index (χ1n) is 9.94. The molecule has 5 rings (SSSR count). The lowest BCUT2D eigenvalue weighted by molar-refractivity contribution is -0.116. The van der Waals surface area contributed by atoms with Crippen molar-refractivity contribution in [3.63, 3.8) is 0 Å². The fourth-order valence-corrected chi connectivity index (χ4v) is 3.71. The van der Waals surface area contributed by atoms with Crippen LogP contribution in [0.25, 0.3) is 11.5 Å². The van der Waals surface area contributed by atoms with E-state index in [1.54, 1.807) is 15.4 Å². The summed E-state index contributed by atoms with van der Waals surface area (Å²) < 4.78 is 8.97. The minimum Gasteiger partial charge on any atom is -0.494 e. The molecule has 3 aromatic heterocycles. The minimum absolute atomic E-state index is 0.0536. The second-order valence-electron chi connectivity index (χ2n) is 7.29. The number of aromatic nitrogens is 6. The summed E-state index contributed by atoms with van der Waals surface area (Å²) in [6.45, 7) is 4.60. The van der Waals surface area contributed by atoms with Crippen molar-refractivity contribution in [2.75, 3.05) is 11.9 Å². The zero-order chi connectivity index (χ0) is 20.7. The SMILES string of the molecule is CCCOc1ccc([C@H]2CC(=O)Nc3c2cnn3-c2ccc3nnc(C)n3n2)cc1. The Bertz CT molecular complexity index is 1230. The van der Waals surface area contributed by atoms with Gasteiger partial charge in [0.15, 0.2) is 17.3 Å². The van der Waals surface area contributed by atoms with Crippen LogP contribution in [0.1, 0.15) is 42.6 Å². The van der Waals surface area contributed by atoms with Crippen LogP contribution in [-0.4, -0.2) is 42.1 Å². The number of anilines is 1. The lowest BCUT2D eigenvalue weighted by Crippen LogP contribution is -2.24. The lowest BCUT2D eigenvalue weighted by Gasteiger charge is -2.23. The lowest BCUT2D eigenvalue weighted by atomic mass is 9.87. The van der Waals surface area contributed by atoms with E-state index in [0.29, 0.717) is 36.1 Å². The number of aryl methyl sites for hydroxylation is 1. The van der Waals surface area contributed by atoms with Gasteiger partial charge in [0.1, 0.15) is 11.6 Å². The van der Waals surface area contributed by atoms with E-state index in [1.165, 1.54) is 0 Å². The zero-order valence-electron chi connectivity index (χ0n) is 16.7. The maximum absolute atomic E-state index is 12.5. The second-order valence-corrected chi connectivity index (χ2v) is 7.29. The molecule has 0 spiro atoms. The van der Waals surface area contributed by atoms with Crippen molar-refractivity contribution in [3.8, 4) is 11.6 Å². The van der Waals surface area contributed by atoms with Gasteiger partial charge < -0.3 is 10.1 Å². The number of rotatable bonds is 5. The van der Waals surface area contributed by atoms with Crippen LogP contribution in [0.3, 0.4) is 0 Å². The molecule has 1 amide bonds. The number of nitrogens with one attached hydrogen (secondary N) is 1. The molecule has 4 aromatic rings. The number of nitrogens with zero attached hydrogens (tertiary/aromatic N) is 6. The molecular weight excluding hydrogens is 382 g/mol. The summed E-state index contributed by atoms with van der Waals surface area (Å²) in [4.78, 5) is 12.5. The summed E-state index contributed by atoms with van der Waals surface area (Å²) in [5, 5.41) is 20.1. The van der Waals surface area contributed by atoms with Gasteiger partial charge in [0.25, 0.3) is 0 Å². The molecule has 0 saturated carbocycles. The highest BCUT2D eigenvalue weighted by Gasteiger charge is 2.30. The van der Waals surface area contributed by atoms with Gasteiger partial charge in [-0.25, -0.2) is 0 Å². The Hall–Kier alpha value is -3.75. The van der Waals surface area contributed by atoms with Crippen molar-refractivity contribution in [2.45, 2.75) is 32.6 Å². The molecule has 0 bridgehead atoms. The van der Waals surface area contributed by atoms with Gasteiger partial charge in [0, 0.05) is 17.9 Å². The first kappa shape index (κ1) is 18.3. The molecule has 0 saturated heterocycles. The molecule has 30 heavy (non-hydrogen) atoms. The number of benzene rings is 1. The number of amides is 1. The molecule has 1 aliphatic rings. The van der Waals surface area contributed by atoms with E-state index >= 15 is 0 Å². The van der Waals surface area contributed by atoms with Crippen molar-refractivity contribution < 1.29 is 9.53 Å². The summed E-state index contributed by atoms with van der Waals surface area (Å²) in [6.07, 6.45) is 3.12. The van der Waals surface area contributed by atoms with Gasteiger partial charge in [-0.15, -0.1) is 15.3 Å². The number of fused-ring (bicyclic) bond motifs is 2. The molecule has 0 radical (unpaired) electrons. The Balaban J connectivity index is 1.52. The highest BCUT2D eigenvalue weighted by Crippen LogP contribution is 2.38. The van der Waals surface area contributed by atoms with Crippen LogP contribution >= 0.6 is 0 Å². The van der Waals surface area contributed by atoms with Crippen molar-refractivity contribution >= 4 is 17.4 Å². The van der Waals surface area contributed by atoms with E-state index in [2.05, 4.69) is 32.6 Å². The third kappa shape index (κ3) is 3.08. The maximum Gasteiger partial charge on any atom is 0.226 e. The predicted octanol–water partition coefficient (Wildman–Crippen LogP) is 2.88. The molecule has 0 fully saturated rings. The van der Waals surface area contributed by atoms with Crippen molar-refractivity contribution in [3.05, 3.63) is 59.5 Å². The van der Waals surface area contributed by atoms with Crippen LogP contribution < -0.4 is 10.1 Å². The smallest absolute Gasteiger partial charge is 0.226 e. The molecule has 0 aliphatic carbocycles. The quantitative estimate of drug-likeness (QED) is 0.550. The topological polar surface area (TPSA) is 99.2 Å². The second kappa shape index (κ2) is 7.25. The van der Waals surface area contributed by atoms with Crippen molar-refractivity contribution in [1.82, 2.24) is 29.6 Å². The number of hydrogen-bond acceptors (Lipinski definition) is 6. The standard InChI is InChI=1S/C21H21N7O2/c1-3-10-30-15-6-4-14(5-7-15)16-11-20(29)23-21-17(16)12-22-28(21)19-9-8-18-25-24-13(2)27(18)26-19/h4-9,12,16H,3,10-11H2,1-2H3,(H,23,29)/t16-/m1/s1. The first-order valence-corrected chi connectivity index (χ1v) is 9.94. The average molecular weight is 403 g/mol. The summed E-state index contributed by atoms with van der Waals surface area (Å²) in [5.74, 6) is 2.60. The van der Waals surface area contributed by atoms with Gasteiger partial charge in [0.2, 0.25) is 5.91 Å². The van der Waals surface area contributed by atoms with Gasteiger partial charge >= 0.3 is 0 Å². The maximum atomic E-state index is 12.5. The fraction of sp³-hybridized carbons (Fsp3) is 0.286. The van der Waals surface area contributed by atoms with Crippen LogP contribution in [0, 0.1) is 6.92 Å². The normalized spacial score (nSPS) is 15.8. The van der Waals surface area contributed by atoms with Crippen molar-refractivity contribution in [1.29, 1.82) is 0 Å². The van der Waals surface area contributed by atoms with Crippen molar-refractivity contribution in [2.24, 2.45) is 0 Å². The third-order valence-corrected chi connectivity index (χ3v) is 5.20. The van der Waals surface area contributed by atoms with E-state index in [9.17, 15) is 4.79 Å². The van der Waals surface area contributed by atoms with Gasteiger partial charge in [-0.1, -0.05) is 19.1 Å². The Kier molecular flexibility index (Phi) is 4.42. The van der Waals surface area contributed by atoms with Gasteiger partial charge in [-0.05, 0) is 43.2 Å². The van der Waals surface area contributed by atoms with Crippen LogP contribution in [0.15, 0.2) is 42.6 Å². The van der Waals surface area contributed by atoms with E-state index in [-0.39, 0.29) is 11.8 Å². The molecule has 4 heterocycles. The van der Waals surface area contributed by atoms with E-state index in [1.807, 2.05) is 43.3 Å². The number of carbonyl (C=O) groups excluding carboxylic acids is 1. The van der Waals surface area contributed by atoms with Gasteiger partial charge in [-0.2, -0.15) is 14.3 Å². The predicted molar refractivity (Wildman–Crippen MR) is 110 cm³/mol. The van der Waals surface area contributed by atoms with E-state index < -0.39 is 0 Å². The fourth-order valence-electron chi connectivity index (χ4n) is 3.71. The molecule has 9 heteroatoms. The largest absolute Gasteiger partial charge is 0.494 e. The average Bonchev–Trinajstić information content (AvgIpc) is 3.35. The van der Waals surface area contributed by atoms with E-state index in [0.717, 1.165) is 23.3 Å². The van der Waals surface area contributed by atoms with Gasteiger partial charge in [0.05, 0.1) is 12.8 Å². The molecule has 9 nitrogen and oxygen atoms in total. The molecule has 0 unspecified atom stereocenters. The molecule has 1 N–H and O–H groups in total. The molecule has 1 aromatic carbocycles. The summed E-state index contributed by atoms with van der Waals surface area (Å²) >= 11 is 0. The molecule has 1 aliphatic heterocycles. The number of hydrogen-bond donors (Lipinski definition) is 1. The summed E-state index contributed by atoms with van der Waals surface area (Å²) in [7, 11) is 0. The van der Waals surface area contributed by atoms with Crippen LogP contribution in [0.2, 0.25) is 0 Å². The Labute approximate surface area is 172 Å². The zero-order valence-corrected chi connectivity index (χ0v) is 16.7. The van der Waals surface area contributed by atoms with Crippen LogP contribution in [-0.2, 0) is 4.79 Å². The monoisotopic (exact) mass is 403 g/mol. The van der Waals surface area contributed by atoms with E-state index in [4.69, 9.17) is 4.74 Å². The minimum atomic E-state index is -0.0805. The highest BCUT2D eigenvalue weighted by molar-refractivity contribution is 5.94.